The van der Waals surface area contributed by atoms with Crippen molar-refractivity contribution in [2.24, 2.45) is 40.4 Å². The maximum Gasteiger partial charge on any atom is 0.312 e. The van der Waals surface area contributed by atoms with Gasteiger partial charge in [0.25, 0.3) is 0 Å². The fraction of sp³-hybridized carbons (Fsp3) is 0.952. The molecule has 0 aromatic carbocycles. The average Bonchev–Trinajstić information content (AvgIpc) is 3.10. The van der Waals surface area contributed by atoms with E-state index in [2.05, 4.69) is 6.92 Å². The first-order valence-corrected chi connectivity index (χ1v) is 10.3. The Morgan fingerprint density at radius 1 is 1.08 bits per heavy atom. The van der Waals surface area contributed by atoms with Gasteiger partial charge in [0.05, 0.1) is 18.1 Å². The van der Waals surface area contributed by atoms with Crippen LogP contribution in [0.4, 0.5) is 0 Å². The van der Waals surface area contributed by atoms with E-state index in [-0.39, 0.29) is 17.5 Å². The monoisotopic (exact) mass is 332 g/mol. The van der Waals surface area contributed by atoms with Crippen LogP contribution >= 0.6 is 0 Å². The molecule has 0 aromatic rings. The minimum absolute atomic E-state index is 0.117. The molecule has 4 saturated carbocycles. The number of ether oxygens (including phenoxy) is 2. The lowest BCUT2D eigenvalue weighted by Gasteiger charge is -2.61. The first-order chi connectivity index (χ1) is 11.6. The zero-order valence-corrected chi connectivity index (χ0v) is 15.3. The topological polar surface area (TPSA) is 35.5 Å². The van der Waals surface area contributed by atoms with Crippen molar-refractivity contribution in [2.45, 2.75) is 70.8 Å². The van der Waals surface area contributed by atoms with Crippen LogP contribution in [0.3, 0.4) is 0 Å². The number of rotatable bonds is 1. The van der Waals surface area contributed by atoms with Crippen molar-refractivity contribution in [3.05, 3.63) is 0 Å². The van der Waals surface area contributed by atoms with Gasteiger partial charge in [-0.2, -0.15) is 0 Å². The summed E-state index contributed by atoms with van der Waals surface area (Å²) in [5, 5.41) is 0. The van der Waals surface area contributed by atoms with Gasteiger partial charge in [0.15, 0.2) is 0 Å². The molecule has 1 saturated heterocycles. The molecule has 4 aliphatic carbocycles. The molecule has 3 nitrogen and oxygen atoms in total. The zero-order valence-electron chi connectivity index (χ0n) is 15.3. The Labute approximate surface area is 145 Å². The molecule has 5 fully saturated rings. The molecule has 24 heavy (non-hydrogen) atoms. The van der Waals surface area contributed by atoms with Gasteiger partial charge in [-0.05, 0) is 74.0 Å². The van der Waals surface area contributed by atoms with Crippen LogP contribution in [-0.2, 0) is 14.3 Å². The van der Waals surface area contributed by atoms with Gasteiger partial charge in [-0.3, -0.25) is 4.79 Å². The number of methoxy groups -OCH3 is 1. The third kappa shape index (κ3) is 1.75. The minimum atomic E-state index is -0.195. The number of carbonyl (C=O) groups excluding carboxylic acids is 1. The van der Waals surface area contributed by atoms with Crippen LogP contribution in [0.25, 0.3) is 0 Å². The predicted molar refractivity (Wildman–Crippen MR) is 91.3 cm³/mol. The third-order valence-electron chi connectivity index (χ3n) is 9.29. The van der Waals surface area contributed by atoms with Crippen LogP contribution < -0.4 is 0 Å². The maximum absolute atomic E-state index is 12.8. The second-order valence-corrected chi connectivity index (χ2v) is 9.71. The van der Waals surface area contributed by atoms with E-state index >= 15 is 0 Å². The normalized spacial score (nSPS) is 56.0. The highest BCUT2D eigenvalue weighted by molar-refractivity contribution is 5.80. The number of cyclic esters (lactones) is 1. The van der Waals surface area contributed by atoms with E-state index in [1.54, 1.807) is 0 Å². The van der Waals surface area contributed by atoms with Gasteiger partial charge in [0.2, 0.25) is 0 Å². The van der Waals surface area contributed by atoms with E-state index in [0.717, 1.165) is 12.3 Å². The summed E-state index contributed by atoms with van der Waals surface area (Å²) >= 11 is 0. The molecule has 3 heteroatoms. The Balaban J connectivity index is 1.57. The lowest BCUT2D eigenvalue weighted by Crippen LogP contribution is -2.60. The lowest BCUT2D eigenvalue weighted by molar-refractivity contribution is -0.188. The lowest BCUT2D eigenvalue weighted by atomic mass is 9.44. The molecule has 1 aliphatic heterocycles. The molecule has 1 spiro atoms. The van der Waals surface area contributed by atoms with Crippen LogP contribution in [0.15, 0.2) is 0 Å². The molecule has 5 rings (SSSR count). The van der Waals surface area contributed by atoms with Crippen molar-refractivity contribution in [3.8, 4) is 0 Å². The van der Waals surface area contributed by atoms with Gasteiger partial charge in [0, 0.05) is 13.0 Å². The Bertz CT molecular complexity index is 545. The fourth-order valence-corrected chi connectivity index (χ4v) is 8.30. The molecule has 1 heterocycles. The van der Waals surface area contributed by atoms with Crippen molar-refractivity contribution >= 4 is 5.97 Å². The summed E-state index contributed by atoms with van der Waals surface area (Å²) in [6.45, 7) is 3.24. The molecular formula is C21H32O3. The molecule has 0 aromatic heterocycles. The van der Waals surface area contributed by atoms with Crippen molar-refractivity contribution in [1.29, 1.82) is 0 Å². The summed E-state index contributed by atoms with van der Waals surface area (Å²) < 4.78 is 11.7. The zero-order chi connectivity index (χ0) is 16.5. The Morgan fingerprint density at radius 3 is 2.75 bits per heavy atom. The number of fused-ring (bicyclic) bond motifs is 4. The highest BCUT2D eigenvalue weighted by atomic mass is 16.5. The van der Waals surface area contributed by atoms with Gasteiger partial charge in [0.1, 0.15) is 0 Å². The largest absolute Gasteiger partial charge is 0.465 e. The minimum Gasteiger partial charge on any atom is -0.465 e. The maximum atomic E-state index is 12.8. The van der Waals surface area contributed by atoms with Crippen LogP contribution in [0.5, 0.6) is 0 Å². The van der Waals surface area contributed by atoms with E-state index in [1.807, 2.05) is 7.11 Å². The Kier molecular flexibility index (Phi) is 3.41. The highest BCUT2D eigenvalue weighted by Crippen LogP contribution is 2.69. The smallest absolute Gasteiger partial charge is 0.312 e. The van der Waals surface area contributed by atoms with Crippen LogP contribution in [0, 0.1) is 40.4 Å². The standard InChI is InChI=1S/C21H32O3/c1-20-10-4-3-5-13(20)6-8-15-16-9-7-14-12-24-19(22)21(14,16)11-17(23-2)18(15)20/h13-18H,3-12H2,1-2H3/t13?,14-,15+,16?,17+,18?,20+,21+/m1/s1. The third-order valence-corrected chi connectivity index (χ3v) is 9.29. The van der Waals surface area contributed by atoms with Crippen molar-refractivity contribution in [2.75, 3.05) is 13.7 Å². The van der Waals surface area contributed by atoms with E-state index < -0.39 is 0 Å². The molecule has 0 radical (unpaired) electrons. The number of carbonyl (C=O) groups is 1. The number of esters is 1. The van der Waals surface area contributed by atoms with Crippen LogP contribution in [-0.4, -0.2) is 25.8 Å². The van der Waals surface area contributed by atoms with Crippen LogP contribution in [0.2, 0.25) is 0 Å². The summed E-state index contributed by atoms with van der Waals surface area (Å²) in [6, 6.07) is 0. The van der Waals surface area contributed by atoms with Crippen LogP contribution in [0.1, 0.15) is 64.7 Å². The fourth-order valence-electron chi connectivity index (χ4n) is 8.30. The molecule has 0 N–H and O–H groups in total. The van der Waals surface area contributed by atoms with E-state index in [4.69, 9.17) is 9.47 Å². The number of hydrogen-bond donors (Lipinski definition) is 0. The summed E-state index contributed by atoms with van der Waals surface area (Å²) in [5.41, 5.74) is 0.240. The van der Waals surface area contributed by atoms with Crippen molar-refractivity contribution < 1.29 is 14.3 Å². The van der Waals surface area contributed by atoms with Gasteiger partial charge in [-0.25, -0.2) is 0 Å². The van der Waals surface area contributed by atoms with E-state index in [9.17, 15) is 4.79 Å². The summed E-state index contributed by atoms with van der Waals surface area (Å²) in [6.07, 6.45) is 11.9. The second kappa shape index (κ2) is 5.22. The summed E-state index contributed by atoms with van der Waals surface area (Å²) in [5.74, 6) is 3.36. The first kappa shape index (κ1) is 15.7. The Morgan fingerprint density at radius 2 is 1.92 bits per heavy atom. The molecule has 0 amide bonds. The molecular weight excluding hydrogens is 300 g/mol. The van der Waals surface area contributed by atoms with Gasteiger partial charge in [-0.1, -0.05) is 19.8 Å². The SMILES string of the molecule is CO[C@H]1C[C@]23C(=O)OC[C@H]2CCC3[C@@H]2CCC3CCCC[C@]3(C)C21. The highest BCUT2D eigenvalue weighted by Gasteiger charge is 2.69. The molecule has 3 unspecified atom stereocenters. The Hall–Kier alpha value is -0.570. The summed E-state index contributed by atoms with van der Waals surface area (Å²) in [7, 11) is 1.89. The van der Waals surface area contributed by atoms with Gasteiger partial charge in [-0.15, -0.1) is 0 Å². The molecule has 134 valence electrons. The quantitative estimate of drug-likeness (QED) is 0.675. The van der Waals surface area contributed by atoms with E-state index in [1.165, 1.54) is 51.4 Å². The average molecular weight is 332 g/mol. The summed E-state index contributed by atoms with van der Waals surface area (Å²) in [4.78, 5) is 12.8. The predicted octanol–water partition coefficient (Wildman–Crippen LogP) is 4.20. The second-order valence-electron chi connectivity index (χ2n) is 9.71. The molecule has 8 atom stereocenters. The van der Waals surface area contributed by atoms with Crippen molar-refractivity contribution in [3.63, 3.8) is 0 Å². The van der Waals surface area contributed by atoms with Gasteiger partial charge < -0.3 is 9.47 Å². The molecule has 0 bridgehead atoms. The van der Waals surface area contributed by atoms with Gasteiger partial charge >= 0.3 is 5.97 Å². The molecule has 5 aliphatic rings. The number of hydrogen-bond acceptors (Lipinski definition) is 3. The van der Waals surface area contributed by atoms with E-state index in [0.29, 0.717) is 35.7 Å². The first-order valence-electron chi connectivity index (χ1n) is 10.3. The van der Waals surface area contributed by atoms with Crippen molar-refractivity contribution in [1.82, 2.24) is 0 Å².